The van der Waals surface area contributed by atoms with Crippen molar-refractivity contribution in [3.8, 4) is 0 Å². The monoisotopic (exact) mass is 265 g/mol. The van der Waals surface area contributed by atoms with Crippen LogP contribution >= 0.6 is 0 Å². The summed E-state index contributed by atoms with van der Waals surface area (Å²) in [6.45, 7) is 5.41. The number of aliphatic hydroxyl groups is 1. The van der Waals surface area contributed by atoms with Gasteiger partial charge in [-0.25, -0.2) is 0 Å². The van der Waals surface area contributed by atoms with Crippen LogP contribution < -0.4 is 11.3 Å². The van der Waals surface area contributed by atoms with E-state index in [-0.39, 0.29) is 5.56 Å². The van der Waals surface area contributed by atoms with Crippen LogP contribution in [0, 0.1) is 0 Å². The number of likely N-dealkylation sites (tertiary alicyclic amines) is 1. The lowest BCUT2D eigenvalue weighted by atomic mass is 9.94. The van der Waals surface area contributed by atoms with Gasteiger partial charge in [0.25, 0.3) is 5.56 Å². The van der Waals surface area contributed by atoms with Crippen molar-refractivity contribution >= 4 is 5.69 Å². The van der Waals surface area contributed by atoms with Crippen molar-refractivity contribution in [2.24, 2.45) is 0 Å². The van der Waals surface area contributed by atoms with Crippen molar-refractivity contribution in [2.45, 2.75) is 38.3 Å². The van der Waals surface area contributed by atoms with E-state index < -0.39 is 5.60 Å². The van der Waals surface area contributed by atoms with Crippen LogP contribution in [0.15, 0.2) is 23.1 Å². The molecule has 1 aromatic heterocycles. The van der Waals surface area contributed by atoms with Crippen molar-refractivity contribution in [3.63, 3.8) is 0 Å². The standard InChI is InChI=1S/C14H23N3O2/c1-14(19)5-9-16(10-6-14)7-2-8-17-11-12(15)3-4-13(17)18/h3-4,11,19H,2,5-10,15H2,1H3. The van der Waals surface area contributed by atoms with Crippen LogP contribution in [0.4, 0.5) is 5.69 Å². The molecule has 106 valence electrons. The summed E-state index contributed by atoms with van der Waals surface area (Å²) in [5.74, 6) is 0. The van der Waals surface area contributed by atoms with E-state index in [1.165, 1.54) is 6.07 Å². The maximum atomic E-state index is 11.6. The summed E-state index contributed by atoms with van der Waals surface area (Å²) in [5, 5.41) is 9.88. The molecule has 0 aliphatic carbocycles. The number of hydrogen-bond donors (Lipinski definition) is 2. The van der Waals surface area contributed by atoms with Crippen LogP contribution in [0.5, 0.6) is 0 Å². The Morgan fingerprint density at radius 1 is 1.32 bits per heavy atom. The first-order valence-corrected chi connectivity index (χ1v) is 6.87. The van der Waals surface area contributed by atoms with Gasteiger partial charge in [0.2, 0.25) is 0 Å². The Bertz CT molecular complexity index is 472. The molecular formula is C14H23N3O2. The number of aromatic nitrogens is 1. The second kappa shape index (κ2) is 5.75. The lowest BCUT2D eigenvalue weighted by molar-refractivity contribution is -0.00564. The molecule has 0 amide bonds. The maximum Gasteiger partial charge on any atom is 0.250 e. The Morgan fingerprint density at radius 3 is 2.68 bits per heavy atom. The Labute approximate surface area is 113 Å². The quantitative estimate of drug-likeness (QED) is 0.839. The van der Waals surface area contributed by atoms with Gasteiger partial charge in [0, 0.05) is 37.6 Å². The molecule has 0 radical (unpaired) electrons. The predicted molar refractivity (Wildman–Crippen MR) is 76.0 cm³/mol. The fraction of sp³-hybridized carbons (Fsp3) is 0.643. The van der Waals surface area contributed by atoms with E-state index in [9.17, 15) is 9.90 Å². The molecule has 1 fully saturated rings. The summed E-state index contributed by atoms with van der Waals surface area (Å²) in [6.07, 6.45) is 4.27. The molecule has 0 saturated carbocycles. The SMILES string of the molecule is CC1(O)CCN(CCCn2cc(N)ccc2=O)CC1. The highest BCUT2D eigenvalue weighted by Crippen LogP contribution is 2.20. The summed E-state index contributed by atoms with van der Waals surface area (Å²) in [5.41, 5.74) is 5.79. The fourth-order valence-electron chi connectivity index (χ4n) is 2.45. The fourth-order valence-corrected chi connectivity index (χ4v) is 2.45. The number of aryl methyl sites for hydroxylation is 1. The topological polar surface area (TPSA) is 71.5 Å². The first-order valence-electron chi connectivity index (χ1n) is 6.87. The second-order valence-corrected chi connectivity index (χ2v) is 5.69. The van der Waals surface area contributed by atoms with Crippen molar-refractivity contribution in [1.29, 1.82) is 0 Å². The third-order valence-corrected chi connectivity index (χ3v) is 3.81. The Kier molecular flexibility index (Phi) is 4.27. The predicted octanol–water partition coefficient (Wildman–Crippen LogP) is 0.667. The molecule has 0 bridgehead atoms. The molecule has 1 aliphatic heterocycles. The van der Waals surface area contributed by atoms with Gasteiger partial charge in [0.05, 0.1) is 5.60 Å². The minimum absolute atomic E-state index is 0.00391. The minimum Gasteiger partial charge on any atom is -0.398 e. The minimum atomic E-state index is -0.499. The van der Waals surface area contributed by atoms with Gasteiger partial charge in [-0.1, -0.05) is 0 Å². The molecule has 0 spiro atoms. The number of nitrogens with zero attached hydrogens (tertiary/aromatic N) is 2. The highest BCUT2D eigenvalue weighted by Gasteiger charge is 2.26. The van der Waals surface area contributed by atoms with Crippen LogP contribution in [0.1, 0.15) is 26.2 Å². The Balaban J connectivity index is 1.78. The number of nitrogen functional groups attached to an aromatic ring is 1. The van der Waals surface area contributed by atoms with Crippen molar-refractivity contribution in [2.75, 3.05) is 25.4 Å². The van der Waals surface area contributed by atoms with E-state index >= 15 is 0 Å². The number of hydrogen-bond acceptors (Lipinski definition) is 4. The smallest absolute Gasteiger partial charge is 0.250 e. The molecule has 0 atom stereocenters. The summed E-state index contributed by atoms with van der Waals surface area (Å²) in [4.78, 5) is 13.9. The zero-order chi connectivity index (χ0) is 13.9. The molecule has 2 rings (SSSR count). The zero-order valence-electron chi connectivity index (χ0n) is 11.5. The van der Waals surface area contributed by atoms with E-state index in [2.05, 4.69) is 4.90 Å². The second-order valence-electron chi connectivity index (χ2n) is 5.69. The summed E-state index contributed by atoms with van der Waals surface area (Å²) < 4.78 is 1.66. The van der Waals surface area contributed by atoms with E-state index in [0.29, 0.717) is 12.2 Å². The van der Waals surface area contributed by atoms with Crippen LogP contribution in [0.3, 0.4) is 0 Å². The molecule has 1 aliphatic rings. The normalized spacial score (nSPS) is 19.5. The number of piperidine rings is 1. The van der Waals surface area contributed by atoms with Gasteiger partial charge in [-0.05, 0) is 38.8 Å². The van der Waals surface area contributed by atoms with Gasteiger partial charge >= 0.3 is 0 Å². The molecule has 5 nitrogen and oxygen atoms in total. The third-order valence-electron chi connectivity index (χ3n) is 3.81. The molecule has 2 heterocycles. The summed E-state index contributed by atoms with van der Waals surface area (Å²) >= 11 is 0. The van der Waals surface area contributed by atoms with Gasteiger partial charge in [-0.2, -0.15) is 0 Å². The first kappa shape index (κ1) is 14.1. The lowest BCUT2D eigenvalue weighted by Gasteiger charge is -2.35. The van der Waals surface area contributed by atoms with Crippen LogP contribution in [0.2, 0.25) is 0 Å². The van der Waals surface area contributed by atoms with Gasteiger partial charge < -0.3 is 20.3 Å². The van der Waals surface area contributed by atoms with Crippen molar-refractivity contribution in [3.05, 3.63) is 28.7 Å². The lowest BCUT2D eigenvalue weighted by Crippen LogP contribution is -2.42. The molecule has 19 heavy (non-hydrogen) atoms. The van der Waals surface area contributed by atoms with E-state index in [4.69, 9.17) is 5.73 Å². The number of pyridine rings is 1. The Morgan fingerprint density at radius 2 is 2.00 bits per heavy atom. The molecule has 5 heteroatoms. The molecule has 0 unspecified atom stereocenters. The van der Waals surface area contributed by atoms with Crippen molar-refractivity contribution < 1.29 is 5.11 Å². The van der Waals surface area contributed by atoms with Crippen LogP contribution in [0.25, 0.3) is 0 Å². The highest BCUT2D eigenvalue weighted by atomic mass is 16.3. The number of rotatable bonds is 4. The molecule has 3 N–H and O–H groups in total. The largest absolute Gasteiger partial charge is 0.398 e. The molecule has 1 aromatic rings. The van der Waals surface area contributed by atoms with Crippen LogP contribution in [-0.2, 0) is 6.54 Å². The maximum absolute atomic E-state index is 11.6. The van der Waals surface area contributed by atoms with Gasteiger partial charge in [0.1, 0.15) is 0 Å². The molecular weight excluding hydrogens is 242 g/mol. The van der Waals surface area contributed by atoms with Crippen molar-refractivity contribution in [1.82, 2.24) is 9.47 Å². The summed E-state index contributed by atoms with van der Waals surface area (Å²) in [6, 6.07) is 3.14. The average molecular weight is 265 g/mol. The number of nitrogens with two attached hydrogens (primary N) is 1. The van der Waals surface area contributed by atoms with Gasteiger partial charge in [-0.3, -0.25) is 4.79 Å². The zero-order valence-corrected chi connectivity index (χ0v) is 11.5. The summed E-state index contributed by atoms with van der Waals surface area (Å²) in [7, 11) is 0. The highest BCUT2D eigenvalue weighted by molar-refractivity contribution is 5.33. The van der Waals surface area contributed by atoms with E-state index in [1.807, 2.05) is 6.92 Å². The van der Waals surface area contributed by atoms with Crippen LogP contribution in [-0.4, -0.2) is 39.8 Å². The van der Waals surface area contributed by atoms with E-state index in [0.717, 1.165) is 38.9 Å². The number of anilines is 1. The first-order chi connectivity index (χ1) is 8.96. The van der Waals surface area contributed by atoms with Gasteiger partial charge in [0.15, 0.2) is 0 Å². The third kappa shape index (κ3) is 4.08. The molecule has 0 aromatic carbocycles. The van der Waals surface area contributed by atoms with E-state index in [1.54, 1.807) is 16.8 Å². The average Bonchev–Trinajstić information content (AvgIpc) is 2.35. The molecule has 1 saturated heterocycles. The van der Waals surface area contributed by atoms with Gasteiger partial charge in [-0.15, -0.1) is 0 Å². The Hall–Kier alpha value is -1.33.